The van der Waals surface area contributed by atoms with Gasteiger partial charge in [0, 0.05) is 28.2 Å². The van der Waals surface area contributed by atoms with Crippen LogP contribution >= 0.6 is 23.2 Å². The van der Waals surface area contributed by atoms with Crippen LogP contribution in [0.5, 0.6) is 0 Å². The van der Waals surface area contributed by atoms with Crippen LogP contribution in [0.4, 0.5) is 0 Å². The Kier molecular flexibility index (Phi) is 3.53. The van der Waals surface area contributed by atoms with Gasteiger partial charge in [0.15, 0.2) is 5.78 Å². The van der Waals surface area contributed by atoms with E-state index in [2.05, 4.69) is 4.98 Å². The summed E-state index contributed by atoms with van der Waals surface area (Å²) in [4.78, 5) is 16.7. The second kappa shape index (κ2) is 5.19. The quantitative estimate of drug-likeness (QED) is 0.770. The number of rotatable bonds is 1. The topological polar surface area (TPSA) is 30.0 Å². The van der Waals surface area contributed by atoms with Crippen molar-refractivity contribution in [1.29, 1.82) is 0 Å². The van der Waals surface area contributed by atoms with E-state index in [-0.39, 0.29) is 11.7 Å². The van der Waals surface area contributed by atoms with Gasteiger partial charge < -0.3 is 0 Å². The smallest absolute Gasteiger partial charge is 0.165 e. The highest BCUT2D eigenvalue weighted by molar-refractivity contribution is 6.33. The van der Waals surface area contributed by atoms with Crippen molar-refractivity contribution in [2.24, 2.45) is 0 Å². The van der Waals surface area contributed by atoms with E-state index in [4.69, 9.17) is 23.2 Å². The average molecular weight is 306 g/mol. The number of benzene rings is 1. The lowest BCUT2D eigenvalue weighted by Gasteiger charge is -2.25. The van der Waals surface area contributed by atoms with Gasteiger partial charge >= 0.3 is 0 Å². The molecule has 0 spiro atoms. The summed E-state index contributed by atoms with van der Waals surface area (Å²) in [6, 6.07) is 7.27. The van der Waals surface area contributed by atoms with Crippen LogP contribution in [0.2, 0.25) is 10.0 Å². The Labute approximate surface area is 127 Å². The molecule has 102 valence electrons. The van der Waals surface area contributed by atoms with E-state index in [9.17, 15) is 4.79 Å². The molecule has 0 N–H and O–H groups in total. The molecule has 3 rings (SSSR count). The number of aromatic nitrogens is 1. The summed E-state index contributed by atoms with van der Waals surface area (Å²) in [5.41, 5.74) is 3.57. The molecule has 0 bridgehead atoms. The number of carbonyl (C=O) groups excluding carboxylic acids is 1. The minimum Gasteiger partial charge on any atom is -0.294 e. The lowest BCUT2D eigenvalue weighted by molar-refractivity contribution is 0.0962. The van der Waals surface area contributed by atoms with Crippen LogP contribution in [0.15, 0.2) is 30.5 Å². The van der Waals surface area contributed by atoms with Gasteiger partial charge in [-0.15, -0.1) is 0 Å². The van der Waals surface area contributed by atoms with Crippen LogP contribution in [0.3, 0.4) is 0 Å². The molecule has 0 saturated carbocycles. The van der Waals surface area contributed by atoms with Gasteiger partial charge in [-0.25, -0.2) is 0 Å². The van der Waals surface area contributed by atoms with Gasteiger partial charge in [0.05, 0.1) is 5.69 Å². The third kappa shape index (κ3) is 2.34. The van der Waals surface area contributed by atoms with Crippen molar-refractivity contribution < 1.29 is 4.79 Å². The van der Waals surface area contributed by atoms with E-state index in [1.54, 1.807) is 18.3 Å². The summed E-state index contributed by atoms with van der Waals surface area (Å²) in [6.07, 6.45) is 2.94. The highest BCUT2D eigenvalue weighted by atomic mass is 35.5. The first-order valence-electron chi connectivity index (χ1n) is 6.49. The molecule has 2 nitrogen and oxygen atoms in total. The number of hydrogen-bond acceptors (Lipinski definition) is 2. The molecular weight excluding hydrogens is 293 g/mol. The second-order valence-electron chi connectivity index (χ2n) is 5.14. The number of Topliss-reactive ketones (excluding diaryl/α,β-unsaturated/α-hetero) is 1. The summed E-state index contributed by atoms with van der Waals surface area (Å²) in [5, 5.41) is 1.29. The lowest BCUT2D eigenvalue weighted by atomic mass is 9.80. The summed E-state index contributed by atoms with van der Waals surface area (Å²) in [5.74, 6) is 0.188. The van der Waals surface area contributed by atoms with E-state index in [0.717, 1.165) is 28.8 Å². The number of hydrogen-bond donors (Lipinski definition) is 0. The van der Waals surface area contributed by atoms with Crippen LogP contribution in [0.25, 0.3) is 0 Å². The Morgan fingerprint density at radius 2 is 2.00 bits per heavy atom. The molecule has 1 aliphatic rings. The predicted octanol–water partition coefficient (Wildman–Crippen LogP) is 4.61. The third-order valence-corrected chi connectivity index (χ3v) is 4.37. The molecule has 1 atom stereocenters. The molecular formula is C16H13Cl2NO. The van der Waals surface area contributed by atoms with Crippen molar-refractivity contribution in [2.45, 2.75) is 25.7 Å². The minimum absolute atomic E-state index is 0.0514. The van der Waals surface area contributed by atoms with Crippen LogP contribution in [0, 0.1) is 6.92 Å². The Hall–Kier alpha value is -1.38. The number of aryl methyl sites for hydroxylation is 1. The Bertz CT molecular complexity index is 697. The van der Waals surface area contributed by atoms with Crippen molar-refractivity contribution in [3.8, 4) is 0 Å². The summed E-state index contributed by atoms with van der Waals surface area (Å²) >= 11 is 12.3. The SMILES string of the molecule is Cc1ccnc2c1C(=O)CC(c1cc(Cl)ccc1Cl)C2. The first kappa shape index (κ1) is 13.6. The first-order valence-corrected chi connectivity index (χ1v) is 7.24. The largest absolute Gasteiger partial charge is 0.294 e. The molecule has 1 aliphatic carbocycles. The number of nitrogens with zero attached hydrogens (tertiary/aromatic N) is 1. The summed E-state index contributed by atoms with van der Waals surface area (Å²) in [6.45, 7) is 1.95. The summed E-state index contributed by atoms with van der Waals surface area (Å²) in [7, 11) is 0. The fourth-order valence-corrected chi connectivity index (χ4v) is 3.28. The molecule has 0 amide bonds. The van der Waals surface area contributed by atoms with E-state index < -0.39 is 0 Å². The second-order valence-corrected chi connectivity index (χ2v) is 5.99. The Morgan fingerprint density at radius 3 is 2.80 bits per heavy atom. The fourth-order valence-electron chi connectivity index (χ4n) is 2.83. The van der Waals surface area contributed by atoms with E-state index in [1.165, 1.54) is 0 Å². The van der Waals surface area contributed by atoms with Crippen LogP contribution < -0.4 is 0 Å². The van der Waals surface area contributed by atoms with Crippen molar-refractivity contribution in [1.82, 2.24) is 4.98 Å². The van der Waals surface area contributed by atoms with Gasteiger partial charge in [0.25, 0.3) is 0 Å². The predicted molar refractivity (Wildman–Crippen MR) is 80.8 cm³/mol. The van der Waals surface area contributed by atoms with Gasteiger partial charge in [0.2, 0.25) is 0 Å². The monoisotopic (exact) mass is 305 g/mol. The zero-order chi connectivity index (χ0) is 14.3. The number of fused-ring (bicyclic) bond motifs is 1. The molecule has 2 aromatic rings. The maximum atomic E-state index is 12.4. The summed E-state index contributed by atoms with van der Waals surface area (Å²) < 4.78 is 0. The molecule has 0 radical (unpaired) electrons. The average Bonchev–Trinajstić information content (AvgIpc) is 2.41. The highest BCUT2D eigenvalue weighted by Crippen LogP contribution is 2.37. The molecule has 0 saturated heterocycles. The standard InChI is InChI=1S/C16H13Cl2NO/c1-9-4-5-19-14-6-10(7-15(20)16(9)14)12-8-11(17)2-3-13(12)18/h2-5,8,10H,6-7H2,1H3. The minimum atomic E-state index is 0.0514. The molecule has 1 aromatic carbocycles. The van der Waals surface area contributed by atoms with Crippen molar-refractivity contribution in [3.63, 3.8) is 0 Å². The van der Waals surface area contributed by atoms with Gasteiger partial charge in [-0.1, -0.05) is 23.2 Å². The van der Waals surface area contributed by atoms with Crippen LogP contribution in [-0.2, 0) is 6.42 Å². The highest BCUT2D eigenvalue weighted by Gasteiger charge is 2.29. The van der Waals surface area contributed by atoms with Gasteiger partial charge in [-0.05, 0) is 54.7 Å². The van der Waals surface area contributed by atoms with Gasteiger partial charge in [-0.3, -0.25) is 9.78 Å². The zero-order valence-electron chi connectivity index (χ0n) is 11.0. The molecule has 1 unspecified atom stereocenters. The van der Waals surface area contributed by atoms with Crippen LogP contribution in [0.1, 0.15) is 39.5 Å². The maximum Gasteiger partial charge on any atom is 0.165 e. The lowest BCUT2D eigenvalue weighted by Crippen LogP contribution is -2.21. The van der Waals surface area contributed by atoms with E-state index >= 15 is 0 Å². The van der Waals surface area contributed by atoms with E-state index in [0.29, 0.717) is 16.5 Å². The molecule has 1 aromatic heterocycles. The molecule has 1 heterocycles. The van der Waals surface area contributed by atoms with Crippen LogP contribution in [-0.4, -0.2) is 10.8 Å². The number of pyridine rings is 1. The normalized spacial score (nSPS) is 17.9. The van der Waals surface area contributed by atoms with Gasteiger partial charge in [-0.2, -0.15) is 0 Å². The van der Waals surface area contributed by atoms with Crippen molar-refractivity contribution in [2.75, 3.05) is 0 Å². The Morgan fingerprint density at radius 1 is 1.20 bits per heavy atom. The van der Waals surface area contributed by atoms with Gasteiger partial charge in [0.1, 0.15) is 0 Å². The van der Waals surface area contributed by atoms with Crippen molar-refractivity contribution >= 4 is 29.0 Å². The van der Waals surface area contributed by atoms with Crippen molar-refractivity contribution in [3.05, 3.63) is 62.9 Å². The third-order valence-electron chi connectivity index (χ3n) is 3.79. The number of ketones is 1. The molecule has 0 aliphatic heterocycles. The Balaban J connectivity index is 2.04. The number of halogens is 2. The molecule has 4 heteroatoms. The molecule has 0 fully saturated rings. The fraction of sp³-hybridized carbons (Fsp3) is 0.250. The maximum absolute atomic E-state index is 12.4. The van der Waals surface area contributed by atoms with E-state index in [1.807, 2.05) is 19.1 Å². The molecule has 20 heavy (non-hydrogen) atoms. The first-order chi connectivity index (χ1) is 9.56. The number of carbonyl (C=O) groups is 1. The zero-order valence-corrected chi connectivity index (χ0v) is 12.5.